The first-order valence-electron chi connectivity index (χ1n) is 6.89. The first kappa shape index (κ1) is 15.6. The number of amides is 3. The van der Waals surface area contributed by atoms with Crippen LogP contribution in [0.5, 0.6) is 0 Å². The predicted octanol–water partition coefficient (Wildman–Crippen LogP) is 2.86. The lowest BCUT2D eigenvalue weighted by Crippen LogP contribution is -2.45. The van der Waals surface area contributed by atoms with Gasteiger partial charge in [-0.15, -0.1) is 0 Å². The number of hydrogen-bond acceptors (Lipinski definition) is 2. The van der Waals surface area contributed by atoms with E-state index >= 15 is 0 Å². The highest BCUT2D eigenvalue weighted by Crippen LogP contribution is 2.22. The molecule has 6 heteroatoms. The quantitative estimate of drug-likeness (QED) is 0.882. The Morgan fingerprint density at radius 1 is 1.38 bits per heavy atom. The van der Waals surface area contributed by atoms with Crippen molar-refractivity contribution in [3.63, 3.8) is 0 Å². The smallest absolute Gasteiger partial charge is 0.319 e. The summed E-state index contributed by atoms with van der Waals surface area (Å²) in [6.07, 6.45) is 0.334. The first-order valence-corrected chi connectivity index (χ1v) is 7.27. The third-order valence-corrected chi connectivity index (χ3v) is 3.59. The summed E-state index contributed by atoms with van der Waals surface area (Å²) in [7, 11) is 0. The van der Waals surface area contributed by atoms with Gasteiger partial charge in [0.2, 0.25) is 5.91 Å². The number of carbonyl (C=O) groups excluding carboxylic acids is 2. The van der Waals surface area contributed by atoms with E-state index in [1.54, 1.807) is 29.2 Å². The highest BCUT2D eigenvalue weighted by molar-refractivity contribution is 6.30. The molecule has 1 saturated heterocycles. The van der Waals surface area contributed by atoms with Gasteiger partial charge in [0.15, 0.2) is 0 Å². The Kier molecular flexibility index (Phi) is 4.42. The van der Waals surface area contributed by atoms with Crippen molar-refractivity contribution in [2.45, 2.75) is 38.8 Å². The van der Waals surface area contributed by atoms with Gasteiger partial charge >= 0.3 is 6.03 Å². The minimum atomic E-state index is -0.328. The molecule has 21 heavy (non-hydrogen) atoms. The Balaban J connectivity index is 1.91. The van der Waals surface area contributed by atoms with Gasteiger partial charge in [-0.25, -0.2) is 4.79 Å². The van der Waals surface area contributed by atoms with Crippen LogP contribution < -0.4 is 10.6 Å². The first-order chi connectivity index (χ1) is 9.75. The fourth-order valence-electron chi connectivity index (χ4n) is 2.37. The van der Waals surface area contributed by atoms with Gasteiger partial charge in [0.25, 0.3) is 0 Å². The lowest BCUT2D eigenvalue weighted by atomic mass is 10.1. The predicted molar refractivity (Wildman–Crippen MR) is 83.5 cm³/mol. The second-order valence-electron chi connectivity index (χ2n) is 6.19. The van der Waals surface area contributed by atoms with Gasteiger partial charge in [-0.2, -0.15) is 0 Å². The summed E-state index contributed by atoms with van der Waals surface area (Å²) in [6, 6.07) is 6.43. The number of likely N-dealkylation sites (tertiary alicyclic amines) is 1. The number of nitrogens with one attached hydrogen (secondary N) is 2. The van der Waals surface area contributed by atoms with Crippen LogP contribution in [-0.4, -0.2) is 35.0 Å². The zero-order valence-corrected chi connectivity index (χ0v) is 13.2. The van der Waals surface area contributed by atoms with Crippen molar-refractivity contribution in [2.75, 3.05) is 11.9 Å². The van der Waals surface area contributed by atoms with Gasteiger partial charge in [0.05, 0.1) is 6.04 Å². The number of carbonyl (C=O) groups is 2. The monoisotopic (exact) mass is 309 g/mol. The van der Waals surface area contributed by atoms with Crippen molar-refractivity contribution in [1.82, 2.24) is 10.2 Å². The van der Waals surface area contributed by atoms with Crippen LogP contribution in [0.3, 0.4) is 0 Å². The van der Waals surface area contributed by atoms with Crippen molar-refractivity contribution < 1.29 is 9.59 Å². The maximum Gasteiger partial charge on any atom is 0.319 e. The van der Waals surface area contributed by atoms with Crippen molar-refractivity contribution in [1.29, 1.82) is 0 Å². The van der Waals surface area contributed by atoms with Crippen molar-refractivity contribution in [3.8, 4) is 0 Å². The fourth-order valence-corrected chi connectivity index (χ4v) is 2.56. The van der Waals surface area contributed by atoms with Crippen LogP contribution in [0, 0.1) is 0 Å². The van der Waals surface area contributed by atoms with E-state index in [0.717, 1.165) is 0 Å². The van der Waals surface area contributed by atoms with E-state index in [1.165, 1.54) is 0 Å². The van der Waals surface area contributed by atoms with Gasteiger partial charge in [-0.1, -0.05) is 17.7 Å². The van der Waals surface area contributed by atoms with Crippen LogP contribution in [0.15, 0.2) is 24.3 Å². The van der Waals surface area contributed by atoms with Crippen molar-refractivity contribution in [3.05, 3.63) is 29.3 Å². The molecule has 3 amide bonds. The number of hydrogen-bond donors (Lipinski definition) is 2. The number of anilines is 1. The molecular formula is C15H20ClN3O2. The van der Waals surface area contributed by atoms with Gasteiger partial charge in [0.1, 0.15) is 0 Å². The highest BCUT2D eigenvalue weighted by atomic mass is 35.5. The molecule has 0 spiro atoms. The van der Waals surface area contributed by atoms with E-state index in [-0.39, 0.29) is 23.5 Å². The van der Waals surface area contributed by atoms with E-state index in [9.17, 15) is 9.59 Å². The molecule has 5 nitrogen and oxygen atoms in total. The molecule has 1 heterocycles. The third kappa shape index (κ3) is 4.11. The summed E-state index contributed by atoms with van der Waals surface area (Å²) in [4.78, 5) is 25.7. The Morgan fingerprint density at radius 3 is 2.67 bits per heavy atom. The van der Waals surface area contributed by atoms with E-state index < -0.39 is 0 Å². The molecule has 0 saturated carbocycles. The maximum atomic E-state index is 12.0. The fraction of sp³-hybridized carbons (Fsp3) is 0.467. The molecule has 1 atom stereocenters. The van der Waals surface area contributed by atoms with Gasteiger partial charge in [-0.3, -0.25) is 4.79 Å². The van der Waals surface area contributed by atoms with Crippen LogP contribution in [0.1, 0.15) is 27.2 Å². The molecule has 1 aliphatic heterocycles. The number of benzene rings is 1. The molecule has 1 aromatic rings. The van der Waals surface area contributed by atoms with Gasteiger partial charge in [-0.05, 0) is 39.0 Å². The normalized spacial score (nSPS) is 18.8. The molecule has 1 aromatic carbocycles. The SMILES string of the molecule is CC(C)(C)N1CC(NC(=O)Nc2cccc(Cl)c2)CC1=O. The second kappa shape index (κ2) is 5.93. The highest BCUT2D eigenvalue weighted by Gasteiger charge is 2.36. The van der Waals surface area contributed by atoms with Gasteiger partial charge in [0, 0.05) is 29.2 Å². The van der Waals surface area contributed by atoms with Gasteiger partial charge < -0.3 is 15.5 Å². The number of rotatable bonds is 2. The maximum absolute atomic E-state index is 12.0. The largest absolute Gasteiger partial charge is 0.336 e. The second-order valence-corrected chi connectivity index (χ2v) is 6.62. The van der Waals surface area contributed by atoms with E-state index in [4.69, 9.17) is 11.6 Å². The molecule has 0 aliphatic carbocycles. The molecule has 114 valence electrons. The standard InChI is InChI=1S/C15H20ClN3O2/c1-15(2,3)19-9-12(8-13(19)20)18-14(21)17-11-6-4-5-10(16)7-11/h4-7,12H,8-9H2,1-3H3,(H2,17,18,21). The molecule has 2 N–H and O–H groups in total. The van der Waals surface area contributed by atoms with Crippen molar-refractivity contribution >= 4 is 29.2 Å². The minimum Gasteiger partial charge on any atom is -0.336 e. The van der Waals surface area contributed by atoms with Crippen LogP contribution in [-0.2, 0) is 4.79 Å². The molecule has 0 aromatic heterocycles. The Hall–Kier alpha value is -1.75. The lowest BCUT2D eigenvalue weighted by molar-refractivity contribution is -0.131. The zero-order chi connectivity index (χ0) is 15.6. The topological polar surface area (TPSA) is 61.4 Å². The number of urea groups is 1. The summed E-state index contributed by atoms with van der Waals surface area (Å²) in [5, 5.41) is 6.10. The molecule has 0 radical (unpaired) electrons. The minimum absolute atomic E-state index is 0.0653. The average Bonchev–Trinajstić information content (AvgIpc) is 2.69. The third-order valence-electron chi connectivity index (χ3n) is 3.35. The van der Waals surface area contributed by atoms with E-state index in [1.807, 2.05) is 20.8 Å². The number of nitrogens with zero attached hydrogens (tertiary/aromatic N) is 1. The molecule has 1 aliphatic rings. The summed E-state index contributed by atoms with van der Waals surface area (Å²) in [6.45, 7) is 6.49. The van der Waals surface area contributed by atoms with Crippen LogP contribution in [0.4, 0.5) is 10.5 Å². The Bertz CT molecular complexity index is 554. The van der Waals surface area contributed by atoms with Crippen LogP contribution >= 0.6 is 11.6 Å². The number of halogens is 1. The molecular weight excluding hydrogens is 290 g/mol. The molecule has 0 bridgehead atoms. The van der Waals surface area contributed by atoms with Crippen molar-refractivity contribution in [2.24, 2.45) is 0 Å². The Morgan fingerprint density at radius 2 is 2.10 bits per heavy atom. The summed E-state index contributed by atoms with van der Waals surface area (Å²) < 4.78 is 0. The summed E-state index contributed by atoms with van der Waals surface area (Å²) >= 11 is 5.86. The van der Waals surface area contributed by atoms with E-state index in [0.29, 0.717) is 23.7 Å². The summed E-state index contributed by atoms with van der Waals surface area (Å²) in [5.41, 5.74) is 0.397. The lowest BCUT2D eigenvalue weighted by Gasteiger charge is -2.32. The van der Waals surface area contributed by atoms with Crippen LogP contribution in [0.2, 0.25) is 5.02 Å². The Labute approximate surface area is 129 Å². The van der Waals surface area contributed by atoms with E-state index in [2.05, 4.69) is 10.6 Å². The summed E-state index contributed by atoms with van der Waals surface area (Å²) in [5.74, 6) is 0.0653. The molecule has 2 rings (SSSR count). The zero-order valence-electron chi connectivity index (χ0n) is 12.4. The molecule has 1 fully saturated rings. The van der Waals surface area contributed by atoms with Crippen LogP contribution in [0.25, 0.3) is 0 Å². The average molecular weight is 310 g/mol. The molecule has 1 unspecified atom stereocenters.